The van der Waals surface area contributed by atoms with E-state index in [9.17, 15) is 13.6 Å². The van der Waals surface area contributed by atoms with Crippen LogP contribution in [0.4, 0.5) is 14.5 Å². The van der Waals surface area contributed by atoms with E-state index in [1.807, 2.05) is 6.07 Å². The largest absolute Gasteiger partial charge is 0.484 e. The summed E-state index contributed by atoms with van der Waals surface area (Å²) in [5.74, 6) is -1.56. The second kappa shape index (κ2) is 6.47. The molecule has 0 fully saturated rings. The maximum Gasteiger partial charge on any atom is 0.262 e. The van der Waals surface area contributed by atoms with Crippen LogP contribution in [0.5, 0.6) is 5.75 Å². The monoisotopic (exact) mass is 341 g/mol. The van der Waals surface area contributed by atoms with Crippen molar-refractivity contribution in [2.45, 2.75) is 0 Å². The summed E-state index contributed by atoms with van der Waals surface area (Å²) in [6.45, 7) is -0.271. The van der Waals surface area contributed by atoms with E-state index in [0.29, 0.717) is 11.8 Å². The van der Waals surface area contributed by atoms with Crippen LogP contribution in [0.1, 0.15) is 0 Å². The van der Waals surface area contributed by atoms with Gasteiger partial charge in [0.2, 0.25) is 0 Å². The molecule has 0 aromatic heterocycles. The molecule has 0 bridgehead atoms. The summed E-state index contributed by atoms with van der Waals surface area (Å²) < 4.78 is 32.1. The molecule has 0 aliphatic heterocycles. The first-order chi connectivity index (χ1) is 9.54. The van der Waals surface area contributed by atoms with E-state index in [0.717, 1.165) is 16.6 Å². The van der Waals surface area contributed by atoms with Crippen LogP contribution < -0.4 is 10.1 Å². The molecule has 0 saturated carbocycles. The van der Waals surface area contributed by atoms with Crippen molar-refractivity contribution in [1.82, 2.24) is 0 Å². The van der Waals surface area contributed by atoms with Gasteiger partial charge in [0.05, 0.1) is 5.69 Å². The van der Waals surface area contributed by atoms with E-state index in [2.05, 4.69) is 21.2 Å². The van der Waals surface area contributed by atoms with Gasteiger partial charge in [-0.2, -0.15) is 0 Å². The number of benzene rings is 2. The summed E-state index contributed by atoms with van der Waals surface area (Å²) in [7, 11) is 0. The van der Waals surface area contributed by atoms with Crippen molar-refractivity contribution in [3.05, 3.63) is 58.6 Å². The van der Waals surface area contributed by atoms with Crippen molar-refractivity contribution in [3.63, 3.8) is 0 Å². The Balaban J connectivity index is 1.92. The zero-order valence-corrected chi connectivity index (χ0v) is 11.8. The van der Waals surface area contributed by atoms with Gasteiger partial charge in [0.1, 0.15) is 17.4 Å². The quantitative estimate of drug-likeness (QED) is 0.919. The topological polar surface area (TPSA) is 38.3 Å². The van der Waals surface area contributed by atoms with Gasteiger partial charge in [0.25, 0.3) is 5.91 Å². The molecule has 0 aliphatic rings. The summed E-state index contributed by atoms with van der Waals surface area (Å²) in [5.41, 5.74) is -0.0887. The SMILES string of the molecule is O=C(COc1cccc(Br)c1)Nc1ccc(F)cc1F. The maximum atomic E-state index is 13.3. The Morgan fingerprint density at radius 1 is 1.20 bits per heavy atom. The van der Waals surface area contributed by atoms with Crippen LogP contribution in [0.25, 0.3) is 0 Å². The minimum Gasteiger partial charge on any atom is -0.484 e. The molecule has 0 spiro atoms. The van der Waals surface area contributed by atoms with E-state index < -0.39 is 17.5 Å². The minimum atomic E-state index is -0.833. The highest BCUT2D eigenvalue weighted by Gasteiger charge is 2.08. The number of carbonyl (C=O) groups excluding carboxylic acids is 1. The molecule has 0 saturated heterocycles. The molecule has 1 amide bonds. The number of halogens is 3. The summed E-state index contributed by atoms with van der Waals surface area (Å²) >= 11 is 3.27. The lowest BCUT2D eigenvalue weighted by Gasteiger charge is -2.08. The molecule has 0 heterocycles. The zero-order valence-electron chi connectivity index (χ0n) is 10.2. The molecule has 2 rings (SSSR count). The summed E-state index contributed by atoms with van der Waals surface area (Å²) in [6, 6.07) is 9.89. The Hall–Kier alpha value is -1.95. The van der Waals surface area contributed by atoms with E-state index in [1.54, 1.807) is 18.2 Å². The fraction of sp³-hybridized carbons (Fsp3) is 0.0714. The number of hydrogen-bond donors (Lipinski definition) is 1. The summed E-state index contributed by atoms with van der Waals surface area (Å²) in [4.78, 5) is 11.6. The zero-order chi connectivity index (χ0) is 14.5. The average Bonchev–Trinajstić information content (AvgIpc) is 2.40. The molecule has 6 heteroatoms. The smallest absolute Gasteiger partial charge is 0.262 e. The average molecular weight is 342 g/mol. The molecular weight excluding hydrogens is 332 g/mol. The van der Waals surface area contributed by atoms with E-state index in [1.165, 1.54) is 0 Å². The van der Waals surface area contributed by atoms with Crippen LogP contribution in [0.3, 0.4) is 0 Å². The molecule has 104 valence electrons. The molecule has 0 aliphatic carbocycles. The highest BCUT2D eigenvalue weighted by molar-refractivity contribution is 9.10. The third kappa shape index (κ3) is 4.03. The Kier molecular flexibility index (Phi) is 4.68. The maximum absolute atomic E-state index is 13.3. The Morgan fingerprint density at radius 2 is 2.00 bits per heavy atom. The molecule has 1 N–H and O–H groups in total. The van der Waals surface area contributed by atoms with E-state index in [4.69, 9.17) is 4.74 Å². The first kappa shape index (κ1) is 14.5. The molecule has 3 nitrogen and oxygen atoms in total. The van der Waals surface area contributed by atoms with Crippen molar-refractivity contribution in [2.75, 3.05) is 11.9 Å². The first-order valence-corrected chi connectivity index (χ1v) is 6.47. The number of nitrogens with one attached hydrogen (secondary N) is 1. The second-order valence-corrected chi connectivity index (χ2v) is 4.83. The fourth-order valence-electron chi connectivity index (χ4n) is 1.48. The molecule has 0 atom stereocenters. The van der Waals surface area contributed by atoms with Gasteiger partial charge >= 0.3 is 0 Å². The van der Waals surface area contributed by atoms with Gasteiger partial charge in [-0.3, -0.25) is 4.79 Å². The van der Waals surface area contributed by atoms with Crippen molar-refractivity contribution in [2.24, 2.45) is 0 Å². The van der Waals surface area contributed by atoms with Crippen molar-refractivity contribution in [3.8, 4) is 5.75 Å². The predicted octanol–water partition coefficient (Wildman–Crippen LogP) is 3.74. The van der Waals surface area contributed by atoms with Crippen molar-refractivity contribution >= 4 is 27.5 Å². The third-order valence-electron chi connectivity index (χ3n) is 2.37. The van der Waals surface area contributed by atoms with Gasteiger partial charge < -0.3 is 10.1 Å². The van der Waals surface area contributed by atoms with Crippen molar-refractivity contribution < 1.29 is 18.3 Å². The lowest BCUT2D eigenvalue weighted by Crippen LogP contribution is -2.20. The van der Waals surface area contributed by atoms with Gasteiger partial charge in [-0.15, -0.1) is 0 Å². The Labute approximate surface area is 122 Å². The molecule has 20 heavy (non-hydrogen) atoms. The van der Waals surface area contributed by atoms with Crippen LogP contribution in [-0.2, 0) is 4.79 Å². The van der Waals surface area contributed by atoms with Crippen LogP contribution in [0.15, 0.2) is 46.9 Å². The van der Waals surface area contributed by atoms with Crippen LogP contribution in [0, 0.1) is 11.6 Å². The lowest BCUT2D eigenvalue weighted by molar-refractivity contribution is -0.118. The number of ether oxygens (including phenoxy) is 1. The van der Waals surface area contributed by atoms with E-state index in [-0.39, 0.29) is 12.3 Å². The number of carbonyl (C=O) groups is 1. The molecular formula is C14H10BrF2NO2. The molecule has 0 radical (unpaired) electrons. The van der Waals surface area contributed by atoms with E-state index >= 15 is 0 Å². The highest BCUT2D eigenvalue weighted by atomic mass is 79.9. The summed E-state index contributed by atoms with van der Waals surface area (Å²) in [6.07, 6.45) is 0. The van der Waals surface area contributed by atoms with Crippen molar-refractivity contribution in [1.29, 1.82) is 0 Å². The standard InChI is InChI=1S/C14H10BrF2NO2/c15-9-2-1-3-11(6-9)20-8-14(19)18-13-5-4-10(16)7-12(13)17/h1-7H,8H2,(H,18,19). The number of amides is 1. The predicted molar refractivity (Wildman–Crippen MR) is 74.6 cm³/mol. The van der Waals surface area contributed by atoms with Gasteiger partial charge in [0, 0.05) is 10.5 Å². The molecule has 0 unspecified atom stereocenters. The highest BCUT2D eigenvalue weighted by Crippen LogP contribution is 2.18. The van der Waals surface area contributed by atoms with Gasteiger partial charge in [-0.05, 0) is 30.3 Å². The Morgan fingerprint density at radius 3 is 2.70 bits per heavy atom. The Bertz CT molecular complexity index is 634. The van der Waals surface area contributed by atoms with Crippen LogP contribution in [0.2, 0.25) is 0 Å². The number of hydrogen-bond acceptors (Lipinski definition) is 2. The second-order valence-electron chi connectivity index (χ2n) is 3.92. The van der Waals surface area contributed by atoms with Gasteiger partial charge in [-0.1, -0.05) is 22.0 Å². The summed E-state index contributed by atoms with van der Waals surface area (Å²) in [5, 5.41) is 2.30. The first-order valence-electron chi connectivity index (χ1n) is 5.68. The molecule has 2 aromatic carbocycles. The lowest BCUT2D eigenvalue weighted by atomic mass is 10.3. The van der Waals surface area contributed by atoms with Crippen LogP contribution >= 0.6 is 15.9 Å². The van der Waals surface area contributed by atoms with Gasteiger partial charge in [0.15, 0.2) is 6.61 Å². The van der Waals surface area contributed by atoms with Crippen LogP contribution in [-0.4, -0.2) is 12.5 Å². The number of rotatable bonds is 4. The molecule has 2 aromatic rings. The fourth-order valence-corrected chi connectivity index (χ4v) is 1.86. The minimum absolute atomic E-state index is 0.0887. The number of anilines is 1. The third-order valence-corrected chi connectivity index (χ3v) is 2.86. The van der Waals surface area contributed by atoms with Gasteiger partial charge in [-0.25, -0.2) is 8.78 Å². The normalized spacial score (nSPS) is 10.2.